The molecule has 1 saturated carbocycles. The number of hydrogen-bond acceptors (Lipinski definition) is 4. The van der Waals surface area contributed by atoms with Crippen molar-refractivity contribution in [1.29, 1.82) is 0 Å². The summed E-state index contributed by atoms with van der Waals surface area (Å²) in [4.78, 5) is 0. The Bertz CT molecular complexity index is 141. The van der Waals surface area contributed by atoms with Crippen molar-refractivity contribution < 1.29 is 20.4 Å². The SMILES string of the molecule is CC1CC(O)(O)CC1(O)O. The van der Waals surface area contributed by atoms with Crippen LogP contribution in [0, 0.1) is 5.92 Å². The maximum Gasteiger partial charge on any atom is 0.170 e. The van der Waals surface area contributed by atoms with Crippen LogP contribution in [0.25, 0.3) is 0 Å². The molecule has 0 amide bonds. The van der Waals surface area contributed by atoms with Gasteiger partial charge in [-0.3, -0.25) is 0 Å². The van der Waals surface area contributed by atoms with Gasteiger partial charge in [0, 0.05) is 12.3 Å². The first-order valence-corrected chi connectivity index (χ1v) is 3.23. The molecular formula is C6H12O4. The van der Waals surface area contributed by atoms with Crippen molar-refractivity contribution in [3.63, 3.8) is 0 Å². The van der Waals surface area contributed by atoms with E-state index in [0.717, 1.165) is 0 Å². The zero-order chi connectivity index (χ0) is 7.99. The lowest BCUT2D eigenvalue weighted by atomic mass is 10.1. The molecule has 0 aromatic rings. The van der Waals surface area contributed by atoms with Gasteiger partial charge in [0.2, 0.25) is 0 Å². The first kappa shape index (κ1) is 7.94. The summed E-state index contributed by atoms with van der Waals surface area (Å²) >= 11 is 0. The first-order chi connectivity index (χ1) is 4.33. The molecule has 1 aliphatic rings. The van der Waals surface area contributed by atoms with Crippen LogP contribution < -0.4 is 0 Å². The first-order valence-electron chi connectivity index (χ1n) is 3.23. The standard InChI is InChI=1S/C6H12O4/c1-4-2-5(7,8)3-6(4,9)10/h4,7-10H,2-3H2,1H3. The van der Waals surface area contributed by atoms with E-state index in [9.17, 15) is 0 Å². The molecule has 0 aliphatic heterocycles. The Morgan fingerprint density at radius 3 is 1.80 bits per heavy atom. The van der Waals surface area contributed by atoms with Crippen molar-refractivity contribution in [2.24, 2.45) is 5.92 Å². The maximum atomic E-state index is 9.03. The molecule has 0 aromatic heterocycles. The lowest BCUT2D eigenvalue weighted by Crippen LogP contribution is -2.33. The molecule has 1 aliphatic carbocycles. The molecule has 0 bridgehead atoms. The highest BCUT2D eigenvalue weighted by atomic mass is 16.5. The lowest BCUT2D eigenvalue weighted by molar-refractivity contribution is -0.215. The van der Waals surface area contributed by atoms with Crippen LogP contribution in [0.15, 0.2) is 0 Å². The molecule has 60 valence electrons. The second-order valence-corrected chi connectivity index (χ2v) is 3.14. The van der Waals surface area contributed by atoms with Crippen LogP contribution >= 0.6 is 0 Å². The molecule has 4 nitrogen and oxygen atoms in total. The third kappa shape index (κ3) is 1.29. The molecule has 0 heterocycles. The van der Waals surface area contributed by atoms with Gasteiger partial charge in [0.1, 0.15) is 0 Å². The Labute approximate surface area is 58.7 Å². The highest BCUT2D eigenvalue weighted by molar-refractivity contribution is 4.90. The van der Waals surface area contributed by atoms with Gasteiger partial charge < -0.3 is 20.4 Å². The number of aliphatic hydroxyl groups is 4. The van der Waals surface area contributed by atoms with E-state index in [-0.39, 0.29) is 12.8 Å². The average Bonchev–Trinajstić information content (AvgIpc) is 1.73. The minimum Gasteiger partial charge on any atom is -0.365 e. The lowest BCUT2D eigenvalue weighted by Gasteiger charge is -2.19. The summed E-state index contributed by atoms with van der Waals surface area (Å²) in [6, 6.07) is 0. The van der Waals surface area contributed by atoms with Crippen molar-refractivity contribution in [3.05, 3.63) is 0 Å². The summed E-state index contributed by atoms with van der Waals surface area (Å²) in [5, 5.41) is 35.9. The van der Waals surface area contributed by atoms with Gasteiger partial charge >= 0.3 is 0 Å². The van der Waals surface area contributed by atoms with Gasteiger partial charge in [0.15, 0.2) is 11.6 Å². The van der Waals surface area contributed by atoms with Crippen molar-refractivity contribution in [2.45, 2.75) is 31.3 Å². The van der Waals surface area contributed by atoms with Crippen molar-refractivity contribution in [1.82, 2.24) is 0 Å². The third-order valence-electron chi connectivity index (χ3n) is 1.97. The molecule has 1 fully saturated rings. The van der Waals surface area contributed by atoms with Crippen molar-refractivity contribution >= 4 is 0 Å². The van der Waals surface area contributed by atoms with Gasteiger partial charge in [-0.15, -0.1) is 0 Å². The summed E-state index contributed by atoms with van der Waals surface area (Å²) in [7, 11) is 0. The Morgan fingerprint density at radius 1 is 1.20 bits per heavy atom. The smallest absolute Gasteiger partial charge is 0.170 e. The van der Waals surface area contributed by atoms with E-state index in [2.05, 4.69) is 0 Å². The van der Waals surface area contributed by atoms with Gasteiger partial charge in [-0.1, -0.05) is 6.92 Å². The summed E-state index contributed by atoms with van der Waals surface area (Å²) in [6.45, 7) is 1.56. The van der Waals surface area contributed by atoms with Crippen LogP contribution in [0.3, 0.4) is 0 Å². The van der Waals surface area contributed by atoms with Crippen molar-refractivity contribution in [2.75, 3.05) is 0 Å². The third-order valence-corrected chi connectivity index (χ3v) is 1.97. The molecule has 0 spiro atoms. The van der Waals surface area contributed by atoms with Crippen LogP contribution in [0.1, 0.15) is 19.8 Å². The zero-order valence-electron chi connectivity index (χ0n) is 5.78. The molecule has 10 heavy (non-hydrogen) atoms. The number of rotatable bonds is 0. The van der Waals surface area contributed by atoms with E-state index in [1.807, 2.05) is 0 Å². The average molecular weight is 148 g/mol. The highest BCUT2D eigenvalue weighted by Gasteiger charge is 2.49. The predicted molar refractivity (Wildman–Crippen MR) is 32.7 cm³/mol. The van der Waals surface area contributed by atoms with E-state index < -0.39 is 17.5 Å². The van der Waals surface area contributed by atoms with Crippen LogP contribution in [0.5, 0.6) is 0 Å². The fraction of sp³-hybridized carbons (Fsp3) is 1.00. The van der Waals surface area contributed by atoms with Crippen LogP contribution in [-0.4, -0.2) is 32.0 Å². The molecule has 1 atom stereocenters. The molecule has 0 aromatic carbocycles. The normalized spacial score (nSPS) is 36.3. The van der Waals surface area contributed by atoms with E-state index in [4.69, 9.17) is 20.4 Å². The molecule has 1 unspecified atom stereocenters. The predicted octanol–water partition coefficient (Wildman–Crippen LogP) is -1.22. The van der Waals surface area contributed by atoms with Crippen LogP contribution in [0.2, 0.25) is 0 Å². The fourth-order valence-corrected chi connectivity index (χ4v) is 1.32. The Kier molecular flexibility index (Phi) is 1.52. The van der Waals surface area contributed by atoms with Gasteiger partial charge in [0.25, 0.3) is 0 Å². The minimum atomic E-state index is -1.91. The largest absolute Gasteiger partial charge is 0.365 e. The summed E-state index contributed by atoms with van der Waals surface area (Å²) in [5.41, 5.74) is 0. The monoisotopic (exact) mass is 148 g/mol. The summed E-state index contributed by atoms with van der Waals surface area (Å²) in [5.74, 6) is -4.30. The number of hydrogen-bond donors (Lipinski definition) is 4. The molecule has 0 saturated heterocycles. The fourth-order valence-electron chi connectivity index (χ4n) is 1.32. The van der Waals surface area contributed by atoms with Gasteiger partial charge in [-0.05, 0) is 0 Å². The van der Waals surface area contributed by atoms with E-state index in [1.165, 1.54) is 0 Å². The quantitative estimate of drug-likeness (QED) is 0.324. The van der Waals surface area contributed by atoms with Crippen LogP contribution in [-0.2, 0) is 0 Å². The summed E-state index contributed by atoms with van der Waals surface area (Å²) in [6.07, 6.45) is -0.374. The molecule has 1 rings (SSSR count). The molecule has 0 radical (unpaired) electrons. The van der Waals surface area contributed by atoms with E-state index in [0.29, 0.717) is 0 Å². The molecule has 4 heteroatoms. The van der Waals surface area contributed by atoms with Gasteiger partial charge in [0.05, 0.1) is 6.42 Å². The van der Waals surface area contributed by atoms with Crippen LogP contribution in [0.4, 0.5) is 0 Å². The Balaban J connectivity index is 2.71. The molecule has 4 N–H and O–H groups in total. The van der Waals surface area contributed by atoms with E-state index in [1.54, 1.807) is 6.92 Å². The van der Waals surface area contributed by atoms with Gasteiger partial charge in [-0.2, -0.15) is 0 Å². The zero-order valence-corrected chi connectivity index (χ0v) is 5.78. The Hall–Kier alpha value is -0.160. The van der Waals surface area contributed by atoms with Crippen molar-refractivity contribution in [3.8, 4) is 0 Å². The topological polar surface area (TPSA) is 80.9 Å². The highest BCUT2D eigenvalue weighted by Crippen LogP contribution is 2.38. The van der Waals surface area contributed by atoms with Gasteiger partial charge in [-0.25, -0.2) is 0 Å². The second kappa shape index (κ2) is 1.92. The van der Waals surface area contributed by atoms with E-state index >= 15 is 0 Å². The summed E-state index contributed by atoms with van der Waals surface area (Å²) < 4.78 is 0. The minimum absolute atomic E-state index is 0.0139. The maximum absolute atomic E-state index is 9.03. The molecular weight excluding hydrogens is 136 g/mol. The second-order valence-electron chi connectivity index (χ2n) is 3.14. The Morgan fingerprint density at radius 2 is 1.70 bits per heavy atom.